The van der Waals surface area contributed by atoms with E-state index >= 15 is 0 Å². The number of ketones is 1. The summed E-state index contributed by atoms with van der Waals surface area (Å²) in [7, 11) is 1.37. The smallest absolute Gasteiger partial charge is 0.330 e. The maximum Gasteiger partial charge on any atom is 0.330 e. The molecule has 0 amide bonds. The molecule has 6 atom stereocenters. The number of rotatable bonds is 8. The van der Waals surface area contributed by atoms with Gasteiger partial charge in [0.15, 0.2) is 28.8 Å². The Bertz CT molecular complexity index is 1620. The lowest BCUT2D eigenvalue weighted by Gasteiger charge is -2.40. The minimum absolute atomic E-state index is 0.0757. The second-order valence-corrected chi connectivity index (χ2v) is 10.3. The summed E-state index contributed by atoms with van der Waals surface area (Å²) in [5.74, 6) is -2.64. The molecule has 1 saturated heterocycles. The molecule has 238 valence electrons. The minimum atomic E-state index is -1.77. The quantitative estimate of drug-likeness (QED) is 0.107. The molecular weight excluding hydrogens is 596 g/mol. The summed E-state index contributed by atoms with van der Waals surface area (Å²) >= 11 is 0. The van der Waals surface area contributed by atoms with E-state index in [4.69, 9.17) is 23.7 Å². The lowest BCUT2D eigenvalue weighted by molar-refractivity contribution is -0.278. The number of esters is 1. The Morgan fingerprint density at radius 3 is 2.40 bits per heavy atom. The fourth-order valence-electron chi connectivity index (χ4n) is 4.87. The van der Waals surface area contributed by atoms with E-state index in [9.17, 15) is 45.3 Å². The number of Topliss-reactive ketones (excluding diaryl/α,β-unsaturated/α-hetero) is 1. The molecule has 14 heteroatoms. The van der Waals surface area contributed by atoms with Crippen molar-refractivity contribution in [2.75, 3.05) is 13.7 Å². The van der Waals surface area contributed by atoms with E-state index < -0.39 is 66.7 Å². The molecule has 0 unspecified atom stereocenters. The Hall–Kier alpha value is -5.02. The summed E-state index contributed by atoms with van der Waals surface area (Å²) in [5.41, 5.74) is 0.785. The maximum absolute atomic E-state index is 12.8. The number of methoxy groups -OCH3 is 1. The van der Waals surface area contributed by atoms with Crippen molar-refractivity contribution in [2.45, 2.75) is 43.2 Å². The number of phenolic OH excluding ortho intramolecular Hbond substituents is 4. The first kappa shape index (κ1) is 31.4. The highest BCUT2D eigenvalue weighted by Gasteiger charge is 2.45. The Kier molecular flexibility index (Phi) is 9.01. The largest absolute Gasteiger partial charge is 0.507 e. The predicted molar refractivity (Wildman–Crippen MR) is 152 cm³/mol. The van der Waals surface area contributed by atoms with Gasteiger partial charge in [-0.05, 0) is 41.5 Å². The van der Waals surface area contributed by atoms with Crippen molar-refractivity contribution in [2.24, 2.45) is 0 Å². The van der Waals surface area contributed by atoms with E-state index in [1.165, 1.54) is 55.7 Å². The number of carbonyl (C=O) groups excluding carboxylic acids is 2. The summed E-state index contributed by atoms with van der Waals surface area (Å²) in [4.78, 5) is 25.1. The van der Waals surface area contributed by atoms with E-state index in [0.29, 0.717) is 11.1 Å². The topological polar surface area (TPSA) is 222 Å². The van der Waals surface area contributed by atoms with Crippen LogP contribution in [-0.2, 0) is 14.3 Å². The normalized spacial score (nSPS) is 24.5. The maximum atomic E-state index is 12.8. The van der Waals surface area contributed by atoms with Crippen molar-refractivity contribution >= 4 is 17.8 Å². The molecule has 5 rings (SSSR count). The number of hydrogen-bond acceptors (Lipinski definition) is 14. The Labute approximate surface area is 255 Å². The molecule has 3 aromatic rings. The zero-order chi connectivity index (χ0) is 32.4. The van der Waals surface area contributed by atoms with Gasteiger partial charge in [0.2, 0.25) is 6.29 Å². The highest BCUT2D eigenvalue weighted by atomic mass is 16.7. The highest BCUT2D eigenvalue weighted by Crippen LogP contribution is 2.43. The van der Waals surface area contributed by atoms with E-state index in [2.05, 4.69) is 0 Å². The van der Waals surface area contributed by atoms with E-state index in [1.807, 2.05) is 0 Å². The van der Waals surface area contributed by atoms with Crippen molar-refractivity contribution in [3.05, 3.63) is 71.3 Å². The number of aliphatic hydroxyl groups excluding tert-OH is 3. The number of carbonyl (C=O) groups is 2. The first-order valence-electron chi connectivity index (χ1n) is 13.6. The first-order chi connectivity index (χ1) is 21.4. The molecule has 7 N–H and O–H groups in total. The number of phenols is 4. The molecule has 2 aliphatic heterocycles. The standard InChI is InChI=1S/C31H30O14/c1-41-23-8-14(2-5-18(23)33)3-7-26(37)42-13-25-28(38)29(39)30(40)31(45-25)43-16-10-20(35)27-21(36)12-22(44-24(27)11-16)15-4-6-17(32)19(34)9-15/h2-11,22,25,28-35,38-40H,12-13H2,1H3/b7-3+/t22-,25-,28-,29+,30-,31-/m1/s1. The first-order valence-corrected chi connectivity index (χ1v) is 13.6. The molecule has 45 heavy (non-hydrogen) atoms. The van der Waals surface area contributed by atoms with Gasteiger partial charge in [0.1, 0.15) is 59.9 Å². The van der Waals surface area contributed by atoms with Crippen molar-refractivity contribution in [3.8, 4) is 40.2 Å². The molecule has 2 aliphatic rings. The number of aliphatic hydroxyl groups is 3. The van der Waals surface area contributed by atoms with Crippen LogP contribution in [0.1, 0.15) is 34.0 Å². The van der Waals surface area contributed by atoms with Crippen LogP contribution in [0, 0.1) is 0 Å². The third-order valence-corrected chi connectivity index (χ3v) is 7.27. The van der Waals surface area contributed by atoms with E-state index in [0.717, 1.165) is 12.1 Å². The van der Waals surface area contributed by atoms with Crippen LogP contribution >= 0.6 is 0 Å². The average Bonchev–Trinajstić information content (AvgIpc) is 3.01. The summed E-state index contributed by atoms with van der Waals surface area (Å²) in [6.45, 7) is -0.541. The van der Waals surface area contributed by atoms with Crippen LogP contribution in [0.15, 0.2) is 54.6 Å². The molecule has 1 fully saturated rings. The molecule has 14 nitrogen and oxygen atoms in total. The molecule has 0 aromatic heterocycles. The van der Waals surface area contributed by atoms with Gasteiger partial charge in [-0.25, -0.2) is 4.79 Å². The molecule has 3 aromatic carbocycles. The lowest BCUT2D eigenvalue weighted by atomic mass is 9.95. The second kappa shape index (κ2) is 12.9. The van der Waals surface area contributed by atoms with Gasteiger partial charge >= 0.3 is 5.97 Å². The fraction of sp³-hybridized carbons (Fsp3) is 0.290. The zero-order valence-corrected chi connectivity index (χ0v) is 23.6. The molecule has 0 aliphatic carbocycles. The Morgan fingerprint density at radius 1 is 0.911 bits per heavy atom. The van der Waals surface area contributed by atoms with Crippen LogP contribution in [0.5, 0.6) is 40.2 Å². The molecule has 2 heterocycles. The van der Waals surface area contributed by atoms with Gasteiger partial charge in [-0.2, -0.15) is 0 Å². The van der Waals surface area contributed by atoms with Crippen molar-refractivity contribution < 1.29 is 69.0 Å². The van der Waals surface area contributed by atoms with Crippen molar-refractivity contribution in [1.29, 1.82) is 0 Å². The summed E-state index contributed by atoms with van der Waals surface area (Å²) in [6, 6.07) is 10.7. The number of fused-ring (bicyclic) bond motifs is 1. The van der Waals surface area contributed by atoms with Gasteiger partial charge in [-0.3, -0.25) is 4.79 Å². The Balaban J connectivity index is 1.26. The summed E-state index contributed by atoms with van der Waals surface area (Å²) < 4.78 is 27.3. The SMILES string of the molecule is COc1cc(/C=C/C(=O)OC[C@H]2O[C@@H](Oc3cc(O)c4c(c3)O[C@@H](c3ccc(O)c(O)c3)CC4=O)[C@H](O)[C@@H](O)[C@@H]2O)ccc1O. The number of benzene rings is 3. The molecule has 0 bridgehead atoms. The van der Waals surface area contributed by atoms with Gasteiger partial charge in [-0.1, -0.05) is 12.1 Å². The second-order valence-electron chi connectivity index (χ2n) is 10.3. The molecule has 0 radical (unpaired) electrons. The van der Waals surface area contributed by atoms with Gasteiger partial charge in [-0.15, -0.1) is 0 Å². The third kappa shape index (κ3) is 6.73. The van der Waals surface area contributed by atoms with Crippen LogP contribution in [0.2, 0.25) is 0 Å². The van der Waals surface area contributed by atoms with Crippen molar-refractivity contribution in [3.63, 3.8) is 0 Å². The lowest BCUT2D eigenvalue weighted by Crippen LogP contribution is -2.60. The van der Waals surface area contributed by atoms with Gasteiger partial charge < -0.3 is 59.4 Å². The van der Waals surface area contributed by atoms with Crippen LogP contribution in [0.3, 0.4) is 0 Å². The van der Waals surface area contributed by atoms with E-state index in [-0.39, 0.29) is 40.7 Å². The monoisotopic (exact) mass is 626 g/mol. The summed E-state index contributed by atoms with van der Waals surface area (Å²) in [6.07, 6.45) is -6.72. The van der Waals surface area contributed by atoms with Gasteiger partial charge in [0.25, 0.3) is 0 Å². The molecule has 0 saturated carbocycles. The van der Waals surface area contributed by atoms with E-state index in [1.54, 1.807) is 0 Å². The number of ether oxygens (including phenoxy) is 5. The average molecular weight is 627 g/mol. The van der Waals surface area contributed by atoms with Crippen LogP contribution in [0.25, 0.3) is 6.08 Å². The zero-order valence-electron chi connectivity index (χ0n) is 23.6. The van der Waals surface area contributed by atoms with Crippen LogP contribution in [-0.4, -0.2) is 91.9 Å². The fourth-order valence-corrected chi connectivity index (χ4v) is 4.87. The van der Waals surface area contributed by atoms with Crippen LogP contribution < -0.4 is 14.2 Å². The Morgan fingerprint density at radius 2 is 1.67 bits per heavy atom. The van der Waals surface area contributed by atoms with Crippen LogP contribution in [0.4, 0.5) is 0 Å². The number of aromatic hydroxyl groups is 4. The van der Waals surface area contributed by atoms with Gasteiger partial charge in [0.05, 0.1) is 13.5 Å². The molecular formula is C31H30O14. The number of hydrogen-bond donors (Lipinski definition) is 7. The molecule has 0 spiro atoms. The van der Waals surface area contributed by atoms with Gasteiger partial charge in [0, 0.05) is 18.2 Å². The summed E-state index contributed by atoms with van der Waals surface area (Å²) in [5, 5.41) is 71.1. The minimum Gasteiger partial charge on any atom is -0.507 e. The predicted octanol–water partition coefficient (Wildman–Crippen LogP) is 1.67. The third-order valence-electron chi connectivity index (χ3n) is 7.27. The van der Waals surface area contributed by atoms with Crippen molar-refractivity contribution in [1.82, 2.24) is 0 Å². The highest BCUT2D eigenvalue weighted by molar-refractivity contribution is 6.02.